The Morgan fingerprint density at radius 2 is 2.14 bits per heavy atom. The van der Waals surface area contributed by atoms with Crippen molar-refractivity contribution in [1.29, 1.82) is 0 Å². The Hall–Kier alpha value is -2.16. The molecule has 0 aliphatic heterocycles. The molecule has 6 nitrogen and oxygen atoms in total. The molecule has 0 aliphatic carbocycles. The monoisotopic (exact) mass is 319 g/mol. The Balaban J connectivity index is 2.43. The van der Waals surface area contributed by atoms with E-state index in [-0.39, 0.29) is 5.69 Å². The van der Waals surface area contributed by atoms with Crippen LogP contribution in [0.15, 0.2) is 27.4 Å². The van der Waals surface area contributed by atoms with Crippen LogP contribution in [-0.2, 0) is 5.60 Å². The summed E-state index contributed by atoms with van der Waals surface area (Å²) in [5, 5.41) is 16.7. The molecule has 2 rings (SSSR count). The summed E-state index contributed by atoms with van der Waals surface area (Å²) in [4.78, 5) is 13.5. The first kappa shape index (κ1) is 13.5. The van der Waals surface area contributed by atoms with E-state index in [9.17, 15) is 23.1 Å². The van der Waals surface area contributed by atoms with Gasteiger partial charge in [0.05, 0.1) is 0 Å². The molecule has 120 valence electrons. The Labute approximate surface area is 125 Å². The van der Waals surface area contributed by atoms with Crippen LogP contribution in [-0.4, -0.2) is 26.5 Å². The van der Waals surface area contributed by atoms with E-state index in [0.717, 1.165) is 0 Å². The van der Waals surface area contributed by atoms with Crippen molar-refractivity contribution in [3.05, 3.63) is 34.4 Å². The van der Waals surface area contributed by atoms with Crippen molar-refractivity contribution in [2.45, 2.75) is 37.9 Å². The van der Waals surface area contributed by atoms with Gasteiger partial charge in [-0.3, -0.25) is 4.79 Å². The second-order valence-corrected chi connectivity index (χ2v) is 4.47. The minimum Gasteiger partial charge on any atom is -0.416 e. The van der Waals surface area contributed by atoms with Crippen LogP contribution in [0.25, 0.3) is 11.6 Å². The molecule has 0 aliphatic rings. The molecule has 0 saturated heterocycles. The normalized spacial score (nSPS) is 19.0. The Morgan fingerprint density at radius 3 is 2.73 bits per heavy atom. The lowest BCUT2D eigenvalue weighted by Gasteiger charge is -2.26. The molecule has 0 bridgehead atoms. The van der Waals surface area contributed by atoms with Gasteiger partial charge in [0.2, 0.25) is 11.2 Å². The van der Waals surface area contributed by atoms with E-state index in [0.29, 0.717) is 0 Å². The van der Waals surface area contributed by atoms with Crippen molar-refractivity contribution in [2.24, 2.45) is 0 Å². The van der Waals surface area contributed by atoms with Crippen LogP contribution < -0.4 is 5.56 Å². The van der Waals surface area contributed by atoms with Gasteiger partial charge in [-0.2, -0.15) is 13.2 Å². The number of aromatic nitrogens is 3. The van der Waals surface area contributed by atoms with Gasteiger partial charge in [0.25, 0.3) is 11.8 Å². The smallest absolute Gasteiger partial charge is 0.416 e. The molecule has 0 spiro atoms. The number of H-pyrrole nitrogens is 1. The number of aliphatic hydroxyl groups is 1. The first-order chi connectivity index (χ1) is 11.0. The Bertz CT molecular complexity index is 762. The molecular weight excluding hydrogens is 303 g/mol. The Morgan fingerprint density at radius 1 is 1.41 bits per heavy atom. The van der Waals surface area contributed by atoms with E-state index in [1.165, 1.54) is 25.1 Å². The molecule has 0 fully saturated rings. The molecule has 3 atom stereocenters. The molecule has 0 saturated carbocycles. The van der Waals surface area contributed by atoms with Gasteiger partial charge in [-0.05, 0) is 18.9 Å². The van der Waals surface area contributed by atoms with Crippen LogP contribution in [0.5, 0.6) is 0 Å². The van der Waals surface area contributed by atoms with Gasteiger partial charge in [-0.25, -0.2) is 0 Å². The molecule has 2 aromatic rings. The highest BCUT2D eigenvalue weighted by atomic mass is 19.4. The van der Waals surface area contributed by atoms with Crippen molar-refractivity contribution in [3.8, 4) is 11.6 Å². The standard InChI is InChI=1S/C13H14F3N3O3/c1-2-3-7-12(21,13(14,15)16)11-19-18-10(22-11)8-5-4-6-9(20)17-8/h4-6,21H,2-3,7H2,1H3,(H,17,20)/i2D,3D. The molecule has 2 heterocycles. The first-order valence-corrected chi connectivity index (χ1v) is 6.22. The van der Waals surface area contributed by atoms with E-state index in [4.69, 9.17) is 7.16 Å². The van der Waals surface area contributed by atoms with Crippen LogP contribution in [0.2, 0.25) is 0 Å². The summed E-state index contributed by atoms with van der Waals surface area (Å²) in [7, 11) is 0. The number of halogens is 3. The molecule has 22 heavy (non-hydrogen) atoms. The summed E-state index contributed by atoms with van der Waals surface area (Å²) in [5.41, 5.74) is -4.09. The van der Waals surface area contributed by atoms with Crippen LogP contribution >= 0.6 is 0 Å². The number of pyridine rings is 1. The van der Waals surface area contributed by atoms with Crippen LogP contribution in [0, 0.1) is 0 Å². The van der Waals surface area contributed by atoms with Crippen molar-refractivity contribution in [2.75, 3.05) is 0 Å². The molecule has 3 unspecified atom stereocenters. The minimum atomic E-state index is -5.19. The lowest BCUT2D eigenvalue weighted by molar-refractivity contribution is -0.277. The third kappa shape index (κ3) is 3.03. The predicted octanol–water partition coefficient (Wildman–Crippen LogP) is 2.37. The number of nitrogens with zero attached hydrogens (tertiary/aromatic N) is 2. The lowest BCUT2D eigenvalue weighted by atomic mass is 9.96. The molecule has 0 amide bonds. The largest absolute Gasteiger partial charge is 0.426 e. The maximum Gasteiger partial charge on any atom is 0.426 e. The number of hydrogen-bond acceptors (Lipinski definition) is 5. The van der Waals surface area contributed by atoms with E-state index >= 15 is 0 Å². The van der Waals surface area contributed by atoms with Crippen molar-refractivity contribution >= 4 is 0 Å². The number of hydrogen-bond donors (Lipinski definition) is 2. The minimum absolute atomic E-state index is 0.0120. The van der Waals surface area contributed by atoms with Gasteiger partial charge in [0, 0.05) is 8.81 Å². The number of nitrogens with one attached hydrogen (secondary N) is 1. The van der Waals surface area contributed by atoms with Gasteiger partial charge in [-0.15, -0.1) is 10.2 Å². The number of alkyl halides is 3. The SMILES string of the molecule is [2H]C(C)C([2H])CC(O)(c1nnc(-c2cccc(=O)[nH]2)o1)C(F)(F)F. The zero-order valence-corrected chi connectivity index (χ0v) is 11.4. The summed E-state index contributed by atoms with van der Waals surface area (Å²) in [6, 6.07) is 3.87. The zero-order valence-electron chi connectivity index (χ0n) is 13.4. The summed E-state index contributed by atoms with van der Waals surface area (Å²) < 4.78 is 59.7. The fraction of sp³-hybridized carbons (Fsp3) is 0.462. The van der Waals surface area contributed by atoms with Crippen LogP contribution in [0.3, 0.4) is 0 Å². The Kier molecular flexibility index (Phi) is 3.63. The fourth-order valence-corrected chi connectivity index (χ4v) is 1.68. The molecular formula is C13H14F3N3O3. The number of rotatable bonds is 5. The average Bonchev–Trinajstić information content (AvgIpc) is 2.96. The van der Waals surface area contributed by atoms with E-state index in [1.54, 1.807) is 0 Å². The molecule has 2 N–H and O–H groups in total. The van der Waals surface area contributed by atoms with E-state index < -0.39 is 48.3 Å². The van der Waals surface area contributed by atoms with Gasteiger partial charge in [0.1, 0.15) is 5.69 Å². The van der Waals surface area contributed by atoms with Crippen LogP contribution in [0.1, 0.15) is 34.8 Å². The zero-order chi connectivity index (χ0) is 18.1. The van der Waals surface area contributed by atoms with Gasteiger partial charge < -0.3 is 14.5 Å². The second kappa shape index (κ2) is 5.91. The van der Waals surface area contributed by atoms with Crippen molar-refractivity contribution < 1.29 is 25.4 Å². The highest BCUT2D eigenvalue weighted by Crippen LogP contribution is 2.42. The highest BCUT2D eigenvalue weighted by Gasteiger charge is 2.58. The van der Waals surface area contributed by atoms with Crippen molar-refractivity contribution in [3.63, 3.8) is 0 Å². The summed E-state index contributed by atoms with van der Waals surface area (Å²) in [5.74, 6) is -1.56. The maximum absolute atomic E-state index is 13.3. The van der Waals surface area contributed by atoms with E-state index in [1.807, 2.05) is 0 Å². The summed E-state index contributed by atoms with van der Waals surface area (Å²) in [6.07, 6.45) is -9.00. The highest BCUT2D eigenvalue weighted by molar-refractivity contribution is 5.45. The molecule has 0 aromatic carbocycles. The first-order valence-electron chi connectivity index (χ1n) is 7.37. The fourth-order valence-electron chi connectivity index (χ4n) is 1.68. The quantitative estimate of drug-likeness (QED) is 0.882. The topological polar surface area (TPSA) is 92.0 Å². The van der Waals surface area contributed by atoms with Crippen molar-refractivity contribution in [1.82, 2.24) is 15.2 Å². The van der Waals surface area contributed by atoms with E-state index in [2.05, 4.69) is 15.2 Å². The van der Waals surface area contributed by atoms with Gasteiger partial charge in [-0.1, -0.05) is 19.4 Å². The number of aromatic amines is 1. The maximum atomic E-state index is 13.3. The predicted molar refractivity (Wildman–Crippen MR) is 69.8 cm³/mol. The molecule has 2 aromatic heterocycles. The molecule has 0 radical (unpaired) electrons. The summed E-state index contributed by atoms with van der Waals surface area (Å²) >= 11 is 0. The molecule has 9 heteroatoms. The third-order valence-electron chi connectivity index (χ3n) is 2.90. The third-order valence-corrected chi connectivity index (χ3v) is 2.90. The lowest BCUT2D eigenvalue weighted by Crippen LogP contribution is -2.42. The van der Waals surface area contributed by atoms with Crippen LogP contribution in [0.4, 0.5) is 13.2 Å². The summed E-state index contributed by atoms with van der Waals surface area (Å²) in [6.45, 7) is 1.24. The van der Waals surface area contributed by atoms with Gasteiger partial charge in [0.15, 0.2) is 0 Å². The second-order valence-electron chi connectivity index (χ2n) is 4.47. The van der Waals surface area contributed by atoms with Gasteiger partial charge >= 0.3 is 6.18 Å². The average molecular weight is 319 g/mol.